The van der Waals surface area contributed by atoms with Crippen molar-refractivity contribution in [1.29, 1.82) is 0 Å². The lowest BCUT2D eigenvalue weighted by molar-refractivity contribution is -0.384. The van der Waals surface area contributed by atoms with Gasteiger partial charge in [-0.25, -0.2) is 8.42 Å². The van der Waals surface area contributed by atoms with Gasteiger partial charge in [0, 0.05) is 24.7 Å². The van der Waals surface area contributed by atoms with Crippen molar-refractivity contribution >= 4 is 15.7 Å². The van der Waals surface area contributed by atoms with E-state index in [2.05, 4.69) is 12.2 Å². The second kappa shape index (κ2) is 4.14. The molecule has 21 heavy (non-hydrogen) atoms. The minimum atomic E-state index is -3.54. The van der Waals surface area contributed by atoms with Gasteiger partial charge in [0.2, 0.25) is 10.0 Å². The number of non-ortho nitro benzene ring substituents is 1. The molecule has 1 saturated carbocycles. The Morgan fingerprint density at radius 3 is 2.43 bits per heavy atom. The van der Waals surface area contributed by atoms with E-state index in [-0.39, 0.29) is 16.6 Å². The van der Waals surface area contributed by atoms with E-state index in [1.165, 1.54) is 24.3 Å². The molecule has 0 N–H and O–H groups in total. The van der Waals surface area contributed by atoms with E-state index in [4.69, 9.17) is 0 Å². The summed E-state index contributed by atoms with van der Waals surface area (Å²) in [6.07, 6.45) is 5.40. The Kier molecular flexibility index (Phi) is 2.56. The highest BCUT2D eigenvalue weighted by atomic mass is 32.2. The molecular weight excluding hydrogens is 292 g/mol. The number of hydrogen-bond donors (Lipinski definition) is 0. The van der Waals surface area contributed by atoms with Crippen molar-refractivity contribution in [2.24, 2.45) is 17.8 Å². The van der Waals surface area contributed by atoms with Crippen LogP contribution in [0.15, 0.2) is 41.3 Å². The maximum absolute atomic E-state index is 12.6. The van der Waals surface area contributed by atoms with Gasteiger partial charge in [-0.15, -0.1) is 0 Å². The molecule has 0 amide bonds. The fraction of sp³-hybridized carbons (Fsp3) is 0.429. The van der Waals surface area contributed by atoms with E-state index in [0.717, 1.165) is 6.42 Å². The third-order valence-electron chi connectivity index (χ3n) is 4.95. The molecule has 7 heteroatoms. The number of nitrogens with zero attached hydrogens (tertiary/aromatic N) is 2. The first kappa shape index (κ1) is 13.0. The first-order valence-electron chi connectivity index (χ1n) is 6.93. The summed E-state index contributed by atoms with van der Waals surface area (Å²) in [6.45, 7) is 0.565. The lowest BCUT2D eigenvalue weighted by Gasteiger charge is -2.47. The van der Waals surface area contributed by atoms with Gasteiger partial charge in [0.1, 0.15) is 0 Å². The largest absolute Gasteiger partial charge is 0.269 e. The van der Waals surface area contributed by atoms with E-state index in [1.54, 1.807) is 4.31 Å². The highest BCUT2D eigenvalue weighted by Gasteiger charge is 2.58. The number of nitro groups is 1. The zero-order chi connectivity index (χ0) is 14.8. The van der Waals surface area contributed by atoms with Crippen LogP contribution >= 0.6 is 0 Å². The highest BCUT2D eigenvalue weighted by Crippen LogP contribution is 2.53. The molecule has 0 aromatic heterocycles. The predicted molar refractivity (Wildman–Crippen MR) is 75.0 cm³/mol. The Morgan fingerprint density at radius 1 is 1.14 bits per heavy atom. The predicted octanol–water partition coefficient (Wildman–Crippen LogP) is 1.79. The van der Waals surface area contributed by atoms with E-state index in [9.17, 15) is 18.5 Å². The normalized spacial score (nSPS) is 33.7. The van der Waals surface area contributed by atoms with Crippen LogP contribution < -0.4 is 0 Å². The maximum Gasteiger partial charge on any atom is 0.269 e. The number of benzene rings is 1. The Bertz CT molecular complexity index is 741. The molecule has 3 aliphatic rings. The van der Waals surface area contributed by atoms with Crippen molar-refractivity contribution in [3.63, 3.8) is 0 Å². The van der Waals surface area contributed by atoms with Gasteiger partial charge in [-0.3, -0.25) is 10.1 Å². The van der Waals surface area contributed by atoms with Crippen LogP contribution in [0.5, 0.6) is 0 Å². The molecule has 1 aromatic carbocycles. The summed E-state index contributed by atoms with van der Waals surface area (Å²) >= 11 is 0. The van der Waals surface area contributed by atoms with Crippen LogP contribution in [0.1, 0.15) is 6.42 Å². The van der Waals surface area contributed by atoms with Crippen LogP contribution in [0.3, 0.4) is 0 Å². The molecule has 1 saturated heterocycles. The van der Waals surface area contributed by atoms with Crippen LogP contribution in [0.25, 0.3) is 0 Å². The molecular formula is C14H14N2O4S. The lowest BCUT2D eigenvalue weighted by atomic mass is 9.83. The second-order valence-corrected chi connectivity index (χ2v) is 7.82. The van der Waals surface area contributed by atoms with Crippen molar-refractivity contribution in [1.82, 2.24) is 4.31 Å². The summed E-state index contributed by atoms with van der Waals surface area (Å²) in [7, 11) is -3.54. The molecule has 0 radical (unpaired) electrons. The summed E-state index contributed by atoms with van der Waals surface area (Å²) < 4.78 is 26.9. The molecule has 4 atom stereocenters. The van der Waals surface area contributed by atoms with Gasteiger partial charge >= 0.3 is 0 Å². The molecule has 110 valence electrons. The first-order valence-corrected chi connectivity index (χ1v) is 8.37. The number of allylic oxidation sites excluding steroid dienone is 1. The van der Waals surface area contributed by atoms with E-state index >= 15 is 0 Å². The molecule has 1 aromatic rings. The van der Waals surface area contributed by atoms with Crippen LogP contribution in [0, 0.1) is 27.9 Å². The van der Waals surface area contributed by atoms with Gasteiger partial charge in [0.25, 0.3) is 5.69 Å². The zero-order valence-corrected chi connectivity index (χ0v) is 11.9. The Labute approximate surface area is 122 Å². The molecule has 2 aliphatic carbocycles. The SMILES string of the molecule is O=[N+]([O-])c1ccc(S(=O)(=O)N2C[C@@H]3[C@H]2[C@@H]2C=C[C@H]3C2)cc1. The van der Waals surface area contributed by atoms with Crippen molar-refractivity contribution in [3.05, 3.63) is 46.5 Å². The fourth-order valence-corrected chi connectivity index (χ4v) is 5.65. The van der Waals surface area contributed by atoms with Crippen molar-refractivity contribution in [3.8, 4) is 0 Å². The average Bonchev–Trinajstić information content (AvgIpc) is 2.94. The number of rotatable bonds is 3. The van der Waals surface area contributed by atoms with Crippen LogP contribution in [-0.2, 0) is 10.0 Å². The van der Waals surface area contributed by atoms with Crippen LogP contribution in [-0.4, -0.2) is 30.2 Å². The Hall–Kier alpha value is -1.73. The molecule has 1 heterocycles. The molecule has 1 aliphatic heterocycles. The summed E-state index contributed by atoms with van der Waals surface area (Å²) in [5, 5.41) is 10.6. The number of fused-ring (bicyclic) bond motifs is 5. The topological polar surface area (TPSA) is 80.5 Å². The molecule has 6 nitrogen and oxygen atoms in total. The highest BCUT2D eigenvalue weighted by molar-refractivity contribution is 7.89. The Morgan fingerprint density at radius 2 is 1.81 bits per heavy atom. The summed E-state index contributed by atoms with van der Waals surface area (Å²) in [4.78, 5) is 10.2. The van der Waals surface area contributed by atoms with E-state index < -0.39 is 14.9 Å². The summed E-state index contributed by atoms with van der Waals surface area (Å²) in [6, 6.07) is 5.21. The quantitative estimate of drug-likeness (QED) is 0.484. The van der Waals surface area contributed by atoms with Gasteiger partial charge < -0.3 is 0 Å². The third-order valence-corrected chi connectivity index (χ3v) is 6.83. The third kappa shape index (κ3) is 1.70. The molecule has 4 rings (SSSR count). The van der Waals surface area contributed by atoms with Crippen molar-refractivity contribution < 1.29 is 13.3 Å². The smallest absolute Gasteiger partial charge is 0.258 e. The average molecular weight is 306 g/mol. The number of sulfonamides is 1. The minimum Gasteiger partial charge on any atom is -0.258 e. The molecule has 0 spiro atoms. The number of nitro benzene ring substituents is 1. The molecule has 2 fully saturated rings. The van der Waals surface area contributed by atoms with E-state index in [0.29, 0.717) is 24.3 Å². The standard InChI is InChI=1S/C14H14N2O4S/c17-16(18)11-3-5-12(6-4-11)21(19,20)15-8-13-9-1-2-10(7-9)14(13)15/h1-6,9-10,13-14H,7-8H2/t9-,10+,13-,14+/m0/s1. The van der Waals surface area contributed by atoms with Gasteiger partial charge in [0.05, 0.1) is 9.82 Å². The second-order valence-electron chi connectivity index (χ2n) is 5.93. The van der Waals surface area contributed by atoms with Gasteiger partial charge in [-0.05, 0) is 36.3 Å². The van der Waals surface area contributed by atoms with E-state index in [1.807, 2.05) is 0 Å². The first-order chi connectivity index (χ1) is 9.98. The van der Waals surface area contributed by atoms with Crippen molar-refractivity contribution in [2.45, 2.75) is 17.4 Å². The van der Waals surface area contributed by atoms with Gasteiger partial charge in [-0.2, -0.15) is 4.31 Å². The van der Waals surface area contributed by atoms with Gasteiger partial charge in [-0.1, -0.05) is 12.2 Å². The van der Waals surface area contributed by atoms with Crippen LogP contribution in [0.4, 0.5) is 5.69 Å². The maximum atomic E-state index is 12.6. The number of hydrogen-bond acceptors (Lipinski definition) is 4. The minimum absolute atomic E-state index is 0.0835. The monoisotopic (exact) mass is 306 g/mol. The Balaban J connectivity index is 1.63. The fourth-order valence-electron chi connectivity index (χ4n) is 3.89. The molecule has 0 unspecified atom stereocenters. The lowest BCUT2D eigenvalue weighted by Crippen LogP contribution is -2.59. The molecule has 2 bridgehead atoms. The van der Waals surface area contributed by atoms with Crippen LogP contribution in [0.2, 0.25) is 0 Å². The summed E-state index contributed by atoms with van der Waals surface area (Å²) in [5.74, 6) is 1.32. The van der Waals surface area contributed by atoms with Gasteiger partial charge in [0.15, 0.2) is 0 Å². The summed E-state index contributed by atoms with van der Waals surface area (Å²) in [5.41, 5.74) is -0.0988. The zero-order valence-electron chi connectivity index (χ0n) is 11.1. The van der Waals surface area contributed by atoms with Crippen molar-refractivity contribution in [2.75, 3.05) is 6.54 Å².